The molecule has 4 N–H and O–H groups in total. The van der Waals surface area contributed by atoms with Crippen molar-refractivity contribution in [2.45, 2.75) is 20.4 Å². The van der Waals surface area contributed by atoms with E-state index < -0.39 is 0 Å². The van der Waals surface area contributed by atoms with Gasteiger partial charge in [-0.15, -0.1) is 10.2 Å². The number of aromatic nitrogens is 3. The molecule has 0 atom stereocenters. The Morgan fingerprint density at radius 3 is 2.72 bits per heavy atom. The standard InChI is InChI=1S/C12H17N5O/c1-3-14-12-16-15-11(17(12)4-2)9-6-5-8(13)7-10(9)18/h5-7,18H,3-4,13H2,1-2H3,(H,14,16). The minimum Gasteiger partial charge on any atom is -0.507 e. The third-order valence-electron chi connectivity index (χ3n) is 2.66. The van der Waals surface area contributed by atoms with Crippen molar-refractivity contribution in [3.8, 4) is 17.1 Å². The zero-order valence-corrected chi connectivity index (χ0v) is 10.5. The summed E-state index contributed by atoms with van der Waals surface area (Å²) in [6.07, 6.45) is 0. The van der Waals surface area contributed by atoms with Crippen LogP contribution in [0.1, 0.15) is 13.8 Å². The van der Waals surface area contributed by atoms with Gasteiger partial charge in [0.2, 0.25) is 5.95 Å². The van der Waals surface area contributed by atoms with Gasteiger partial charge < -0.3 is 16.2 Å². The van der Waals surface area contributed by atoms with Crippen LogP contribution in [0.4, 0.5) is 11.6 Å². The molecule has 0 aliphatic rings. The maximum Gasteiger partial charge on any atom is 0.224 e. The van der Waals surface area contributed by atoms with Crippen molar-refractivity contribution in [1.29, 1.82) is 0 Å². The summed E-state index contributed by atoms with van der Waals surface area (Å²) in [5.74, 6) is 1.44. The number of rotatable bonds is 4. The molecule has 6 nitrogen and oxygen atoms in total. The monoisotopic (exact) mass is 247 g/mol. The zero-order valence-electron chi connectivity index (χ0n) is 10.5. The van der Waals surface area contributed by atoms with Gasteiger partial charge in [0.1, 0.15) is 5.75 Å². The summed E-state index contributed by atoms with van der Waals surface area (Å²) in [5.41, 5.74) is 6.76. The van der Waals surface area contributed by atoms with Crippen LogP contribution in [0, 0.1) is 0 Å². The molecule has 2 aromatic rings. The summed E-state index contributed by atoms with van der Waals surface area (Å²) < 4.78 is 1.91. The number of hydrogen-bond acceptors (Lipinski definition) is 5. The van der Waals surface area contributed by atoms with Crippen molar-refractivity contribution in [3.05, 3.63) is 18.2 Å². The first kappa shape index (κ1) is 12.2. The molecule has 0 unspecified atom stereocenters. The van der Waals surface area contributed by atoms with Crippen molar-refractivity contribution in [3.63, 3.8) is 0 Å². The number of nitrogens with two attached hydrogens (primary N) is 1. The number of phenols is 1. The topological polar surface area (TPSA) is 89.0 Å². The highest BCUT2D eigenvalue weighted by Crippen LogP contribution is 2.30. The number of nitrogens with zero attached hydrogens (tertiary/aromatic N) is 3. The maximum atomic E-state index is 9.92. The van der Waals surface area contributed by atoms with Crippen molar-refractivity contribution >= 4 is 11.6 Å². The zero-order chi connectivity index (χ0) is 13.1. The van der Waals surface area contributed by atoms with Crippen molar-refractivity contribution in [2.24, 2.45) is 0 Å². The molecule has 0 bridgehead atoms. The largest absolute Gasteiger partial charge is 0.507 e. The van der Waals surface area contributed by atoms with Gasteiger partial charge >= 0.3 is 0 Å². The Balaban J connectivity index is 2.50. The Labute approximate surface area is 105 Å². The van der Waals surface area contributed by atoms with Gasteiger partial charge in [0, 0.05) is 24.8 Å². The molecule has 0 saturated carbocycles. The summed E-state index contributed by atoms with van der Waals surface area (Å²) in [4.78, 5) is 0. The fraction of sp³-hybridized carbons (Fsp3) is 0.333. The Hall–Kier alpha value is -2.24. The summed E-state index contributed by atoms with van der Waals surface area (Å²) in [6.45, 7) is 5.48. The van der Waals surface area contributed by atoms with Gasteiger partial charge in [0.05, 0.1) is 5.56 Å². The number of aromatic hydroxyl groups is 1. The molecule has 0 fully saturated rings. The Kier molecular flexibility index (Phi) is 3.36. The molecule has 0 spiro atoms. The highest BCUT2D eigenvalue weighted by Gasteiger charge is 2.15. The molecule has 1 heterocycles. The van der Waals surface area contributed by atoms with E-state index in [-0.39, 0.29) is 5.75 Å². The van der Waals surface area contributed by atoms with Crippen LogP contribution in [0.5, 0.6) is 5.75 Å². The number of nitrogens with one attached hydrogen (secondary N) is 1. The van der Waals surface area contributed by atoms with Crippen LogP contribution >= 0.6 is 0 Å². The van der Waals surface area contributed by atoms with E-state index in [0.717, 1.165) is 6.54 Å². The SMILES string of the molecule is CCNc1nnc(-c2ccc(N)cc2O)n1CC. The van der Waals surface area contributed by atoms with Crippen LogP contribution in [0.15, 0.2) is 18.2 Å². The van der Waals surface area contributed by atoms with E-state index in [9.17, 15) is 5.11 Å². The molecule has 2 rings (SSSR count). The lowest BCUT2D eigenvalue weighted by molar-refractivity contribution is 0.476. The molecule has 0 aliphatic heterocycles. The first-order chi connectivity index (χ1) is 8.67. The summed E-state index contributed by atoms with van der Waals surface area (Å²) >= 11 is 0. The average molecular weight is 247 g/mol. The van der Waals surface area contributed by atoms with E-state index in [1.807, 2.05) is 18.4 Å². The number of anilines is 2. The van der Waals surface area contributed by atoms with Gasteiger partial charge in [0.15, 0.2) is 5.82 Å². The van der Waals surface area contributed by atoms with Crippen LogP contribution in [0.3, 0.4) is 0 Å². The minimum absolute atomic E-state index is 0.111. The molecular formula is C12H17N5O. The van der Waals surface area contributed by atoms with E-state index in [4.69, 9.17) is 5.73 Å². The van der Waals surface area contributed by atoms with Gasteiger partial charge in [0.25, 0.3) is 0 Å². The Bertz CT molecular complexity index is 549. The highest BCUT2D eigenvalue weighted by molar-refractivity contribution is 5.68. The second kappa shape index (κ2) is 4.95. The normalized spacial score (nSPS) is 10.6. The predicted octanol–water partition coefficient (Wildman–Crippen LogP) is 1.68. The smallest absolute Gasteiger partial charge is 0.224 e. The van der Waals surface area contributed by atoms with E-state index in [1.54, 1.807) is 12.1 Å². The summed E-state index contributed by atoms with van der Waals surface area (Å²) in [6, 6.07) is 4.99. The number of phenolic OH excluding ortho intramolecular Hbond substituents is 1. The molecule has 18 heavy (non-hydrogen) atoms. The number of benzene rings is 1. The van der Waals surface area contributed by atoms with Gasteiger partial charge in [-0.3, -0.25) is 4.57 Å². The van der Waals surface area contributed by atoms with Crippen LogP contribution in [0.2, 0.25) is 0 Å². The first-order valence-corrected chi connectivity index (χ1v) is 5.93. The lowest BCUT2D eigenvalue weighted by Crippen LogP contribution is -2.06. The lowest BCUT2D eigenvalue weighted by atomic mass is 10.1. The quantitative estimate of drug-likeness (QED) is 0.715. The molecule has 6 heteroatoms. The molecule has 0 aliphatic carbocycles. The average Bonchev–Trinajstić information content (AvgIpc) is 2.72. The fourth-order valence-electron chi connectivity index (χ4n) is 1.83. The van der Waals surface area contributed by atoms with Crippen molar-refractivity contribution < 1.29 is 5.11 Å². The fourth-order valence-corrected chi connectivity index (χ4v) is 1.83. The van der Waals surface area contributed by atoms with Crippen LogP contribution in [-0.4, -0.2) is 26.4 Å². The van der Waals surface area contributed by atoms with Gasteiger partial charge in [-0.25, -0.2) is 0 Å². The Morgan fingerprint density at radius 1 is 1.33 bits per heavy atom. The van der Waals surface area contributed by atoms with E-state index in [2.05, 4.69) is 15.5 Å². The molecule has 1 aromatic heterocycles. The molecule has 1 aromatic carbocycles. The van der Waals surface area contributed by atoms with Gasteiger partial charge in [-0.2, -0.15) is 0 Å². The molecule has 0 radical (unpaired) electrons. The number of hydrogen-bond donors (Lipinski definition) is 3. The summed E-state index contributed by atoms with van der Waals surface area (Å²) in [5, 5.41) is 21.2. The molecule has 96 valence electrons. The van der Waals surface area contributed by atoms with E-state index in [0.29, 0.717) is 29.6 Å². The third kappa shape index (κ3) is 2.09. The van der Waals surface area contributed by atoms with Crippen molar-refractivity contribution in [1.82, 2.24) is 14.8 Å². The molecule has 0 saturated heterocycles. The first-order valence-electron chi connectivity index (χ1n) is 5.93. The van der Waals surface area contributed by atoms with Crippen LogP contribution in [-0.2, 0) is 6.54 Å². The number of nitrogen functional groups attached to an aromatic ring is 1. The van der Waals surface area contributed by atoms with Crippen LogP contribution in [0.25, 0.3) is 11.4 Å². The lowest BCUT2D eigenvalue weighted by Gasteiger charge is -2.09. The maximum absolute atomic E-state index is 9.92. The molecular weight excluding hydrogens is 230 g/mol. The van der Waals surface area contributed by atoms with Gasteiger partial charge in [-0.05, 0) is 26.0 Å². The third-order valence-corrected chi connectivity index (χ3v) is 2.66. The Morgan fingerprint density at radius 2 is 2.11 bits per heavy atom. The van der Waals surface area contributed by atoms with E-state index in [1.165, 1.54) is 6.07 Å². The van der Waals surface area contributed by atoms with Crippen LogP contribution < -0.4 is 11.1 Å². The summed E-state index contributed by atoms with van der Waals surface area (Å²) in [7, 11) is 0. The molecule has 0 amide bonds. The highest BCUT2D eigenvalue weighted by atomic mass is 16.3. The second-order valence-corrected chi connectivity index (χ2v) is 3.90. The van der Waals surface area contributed by atoms with Gasteiger partial charge in [-0.1, -0.05) is 0 Å². The minimum atomic E-state index is 0.111. The predicted molar refractivity (Wildman–Crippen MR) is 71.4 cm³/mol. The second-order valence-electron chi connectivity index (χ2n) is 3.90. The van der Waals surface area contributed by atoms with E-state index >= 15 is 0 Å². The van der Waals surface area contributed by atoms with Crippen molar-refractivity contribution in [2.75, 3.05) is 17.6 Å².